The number of halogens is 1. The molecule has 0 spiro atoms. The summed E-state index contributed by atoms with van der Waals surface area (Å²) in [4.78, 5) is 1.24. The second-order valence-electron chi connectivity index (χ2n) is 3.57. The van der Waals surface area contributed by atoms with E-state index in [1.165, 1.54) is 4.90 Å². The van der Waals surface area contributed by atoms with E-state index in [-0.39, 0.29) is 0 Å². The lowest BCUT2D eigenvalue weighted by molar-refractivity contribution is 0.547. The number of hydrogen-bond acceptors (Lipinski definition) is 3. The third kappa shape index (κ3) is 5.60. The molecule has 2 nitrogen and oxygen atoms in total. The first-order valence-electron chi connectivity index (χ1n) is 5.51. The zero-order valence-electron chi connectivity index (χ0n) is 9.87. The van der Waals surface area contributed by atoms with Crippen LogP contribution < -0.4 is 11.3 Å². The Morgan fingerprint density at radius 2 is 2.24 bits per heavy atom. The molecule has 1 atom stereocenters. The van der Waals surface area contributed by atoms with E-state index in [2.05, 4.69) is 45.3 Å². The van der Waals surface area contributed by atoms with Crippen molar-refractivity contribution >= 4 is 27.7 Å². The van der Waals surface area contributed by atoms with Crippen LogP contribution in [0.4, 0.5) is 0 Å². The predicted octanol–water partition coefficient (Wildman–Crippen LogP) is 3.18. The van der Waals surface area contributed by atoms with Crippen LogP contribution in [0.25, 0.3) is 0 Å². The van der Waals surface area contributed by atoms with Crippen LogP contribution in [0.15, 0.2) is 33.6 Å². The molecule has 0 aromatic heterocycles. The van der Waals surface area contributed by atoms with Gasteiger partial charge in [-0.15, -0.1) is 23.6 Å². The Morgan fingerprint density at radius 1 is 1.47 bits per heavy atom. The number of hydrazine groups is 1. The van der Waals surface area contributed by atoms with E-state index in [0.717, 1.165) is 23.1 Å². The molecule has 17 heavy (non-hydrogen) atoms. The highest BCUT2D eigenvalue weighted by molar-refractivity contribution is 9.10. The first kappa shape index (κ1) is 14.6. The molecule has 0 radical (unpaired) electrons. The van der Waals surface area contributed by atoms with Crippen molar-refractivity contribution in [3.63, 3.8) is 0 Å². The highest BCUT2D eigenvalue weighted by Crippen LogP contribution is 2.27. The Morgan fingerprint density at radius 3 is 2.88 bits per heavy atom. The van der Waals surface area contributed by atoms with Gasteiger partial charge >= 0.3 is 0 Å². The molecule has 1 aromatic carbocycles. The molecule has 0 bridgehead atoms. The second-order valence-corrected chi connectivity index (χ2v) is 5.49. The number of thioether (sulfide) groups is 1. The zero-order chi connectivity index (χ0) is 12.5. The van der Waals surface area contributed by atoms with Crippen LogP contribution in [0, 0.1) is 11.8 Å². The molecule has 92 valence electrons. The van der Waals surface area contributed by atoms with Crippen LogP contribution in [0.2, 0.25) is 0 Å². The molecule has 3 N–H and O–H groups in total. The Labute approximate surface area is 116 Å². The van der Waals surface area contributed by atoms with Gasteiger partial charge in [-0.3, -0.25) is 11.3 Å². The van der Waals surface area contributed by atoms with Gasteiger partial charge in [0.25, 0.3) is 0 Å². The minimum atomic E-state index is 0.299. The van der Waals surface area contributed by atoms with Crippen LogP contribution in [-0.4, -0.2) is 11.8 Å². The zero-order valence-corrected chi connectivity index (χ0v) is 12.3. The molecule has 4 heteroatoms. The molecule has 0 fully saturated rings. The average molecular weight is 313 g/mol. The van der Waals surface area contributed by atoms with Gasteiger partial charge in [0.2, 0.25) is 0 Å². The fourth-order valence-corrected chi connectivity index (χ4v) is 2.99. The third-order valence-electron chi connectivity index (χ3n) is 2.31. The molecule has 1 unspecified atom stereocenters. The van der Waals surface area contributed by atoms with Gasteiger partial charge in [-0.1, -0.05) is 12.1 Å². The Hall–Kier alpha value is -0.470. The molecule has 0 amide bonds. The van der Waals surface area contributed by atoms with E-state index in [1.807, 2.05) is 19.1 Å². The minimum Gasteiger partial charge on any atom is -0.271 e. The van der Waals surface area contributed by atoms with Crippen LogP contribution in [0.1, 0.15) is 19.8 Å². The molecule has 0 heterocycles. The smallest absolute Gasteiger partial charge is 0.0313 e. The maximum absolute atomic E-state index is 5.53. The SMILES string of the molecule is CC#CCCC(CSc1ccccc1Br)NN. The summed E-state index contributed by atoms with van der Waals surface area (Å²) in [5.74, 6) is 12.4. The van der Waals surface area contributed by atoms with Crippen molar-refractivity contribution in [2.75, 3.05) is 5.75 Å². The largest absolute Gasteiger partial charge is 0.271 e. The fourth-order valence-electron chi connectivity index (χ4n) is 1.34. The lowest BCUT2D eigenvalue weighted by atomic mass is 10.2. The van der Waals surface area contributed by atoms with E-state index in [0.29, 0.717) is 6.04 Å². The van der Waals surface area contributed by atoms with Crippen LogP contribution in [0.5, 0.6) is 0 Å². The molecule has 0 saturated heterocycles. The number of rotatable bonds is 6. The van der Waals surface area contributed by atoms with Gasteiger partial charge < -0.3 is 0 Å². The van der Waals surface area contributed by atoms with Gasteiger partial charge in [0.05, 0.1) is 0 Å². The van der Waals surface area contributed by atoms with Crippen molar-refractivity contribution in [1.29, 1.82) is 0 Å². The molecule has 0 aliphatic heterocycles. The van der Waals surface area contributed by atoms with Crippen molar-refractivity contribution in [2.24, 2.45) is 5.84 Å². The monoisotopic (exact) mass is 312 g/mol. The maximum atomic E-state index is 5.53. The minimum absolute atomic E-state index is 0.299. The molecular weight excluding hydrogens is 296 g/mol. The lowest BCUT2D eigenvalue weighted by Gasteiger charge is -2.14. The van der Waals surface area contributed by atoms with Crippen LogP contribution in [-0.2, 0) is 0 Å². The fraction of sp³-hybridized carbons (Fsp3) is 0.385. The summed E-state index contributed by atoms with van der Waals surface area (Å²) >= 11 is 5.34. The Bertz CT molecular complexity index is 398. The van der Waals surface area contributed by atoms with Gasteiger partial charge in [-0.05, 0) is 41.4 Å². The van der Waals surface area contributed by atoms with E-state index < -0.39 is 0 Å². The number of hydrogen-bond donors (Lipinski definition) is 2. The quantitative estimate of drug-likeness (QED) is 0.367. The van der Waals surface area contributed by atoms with Crippen LogP contribution in [0.3, 0.4) is 0 Å². The molecule has 0 aliphatic carbocycles. The average Bonchev–Trinajstić information content (AvgIpc) is 2.35. The predicted molar refractivity (Wildman–Crippen MR) is 78.7 cm³/mol. The maximum Gasteiger partial charge on any atom is 0.0313 e. The molecule has 1 rings (SSSR count). The summed E-state index contributed by atoms with van der Waals surface area (Å²) in [6.07, 6.45) is 1.87. The van der Waals surface area contributed by atoms with Crippen molar-refractivity contribution in [3.8, 4) is 11.8 Å². The summed E-state index contributed by atoms with van der Waals surface area (Å²) in [6, 6.07) is 8.52. The van der Waals surface area contributed by atoms with E-state index in [9.17, 15) is 0 Å². The number of nitrogens with two attached hydrogens (primary N) is 1. The molecular formula is C13H17BrN2S. The highest BCUT2D eigenvalue weighted by atomic mass is 79.9. The number of benzene rings is 1. The number of nitrogens with one attached hydrogen (secondary N) is 1. The topological polar surface area (TPSA) is 38.0 Å². The second kappa shape index (κ2) is 8.60. The van der Waals surface area contributed by atoms with Gasteiger partial charge in [0.1, 0.15) is 0 Å². The van der Waals surface area contributed by atoms with Crippen molar-refractivity contribution in [2.45, 2.75) is 30.7 Å². The van der Waals surface area contributed by atoms with Crippen molar-refractivity contribution in [3.05, 3.63) is 28.7 Å². The van der Waals surface area contributed by atoms with Gasteiger partial charge in [-0.25, -0.2) is 0 Å². The Balaban J connectivity index is 2.41. The summed E-state index contributed by atoms with van der Waals surface area (Å²) in [5.41, 5.74) is 2.85. The first-order chi connectivity index (χ1) is 8.27. The van der Waals surface area contributed by atoms with E-state index >= 15 is 0 Å². The highest BCUT2D eigenvalue weighted by Gasteiger charge is 2.07. The van der Waals surface area contributed by atoms with Gasteiger partial charge in [0.15, 0.2) is 0 Å². The molecule has 0 aliphatic rings. The summed E-state index contributed by atoms with van der Waals surface area (Å²) in [6.45, 7) is 1.86. The van der Waals surface area contributed by atoms with Gasteiger partial charge in [0, 0.05) is 27.6 Å². The van der Waals surface area contributed by atoms with Crippen LogP contribution >= 0.6 is 27.7 Å². The summed E-state index contributed by atoms with van der Waals surface area (Å²) in [7, 11) is 0. The molecule has 1 aromatic rings. The third-order valence-corrected chi connectivity index (χ3v) is 4.50. The van der Waals surface area contributed by atoms with Crippen molar-refractivity contribution in [1.82, 2.24) is 5.43 Å². The standard InChI is InChI=1S/C13H17BrN2S/c1-2-3-4-7-11(16-15)10-17-13-9-6-5-8-12(13)14/h5-6,8-9,11,16H,4,7,10,15H2,1H3. The first-order valence-corrected chi connectivity index (χ1v) is 7.29. The van der Waals surface area contributed by atoms with Gasteiger partial charge in [-0.2, -0.15) is 0 Å². The summed E-state index contributed by atoms with van der Waals surface area (Å²) < 4.78 is 1.13. The Kier molecular flexibility index (Phi) is 7.38. The normalized spacial score (nSPS) is 11.7. The lowest BCUT2D eigenvalue weighted by Crippen LogP contribution is -2.36. The molecule has 0 saturated carbocycles. The van der Waals surface area contributed by atoms with E-state index in [4.69, 9.17) is 5.84 Å². The van der Waals surface area contributed by atoms with Crippen molar-refractivity contribution < 1.29 is 0 Å². The van der Waals surface area contributed by atoms with E-state index in [1.54, 1.807) is 11.8 Å². The summed E-state index contributed by atoms with van der Waals surface area (Å²) in [5, 5.41) is 0.